The molecule has 2 aliphatic rings. The molecule has 7 heteroatoms. The lowest BCUT2D eigenvalue weighted by Crippen LogP contribution is -2.42. The Morgan fingerprint density at radius 2 is 2.25 bits per heavy atom. The second kappa shape index (κ2) is 7.72. The fourth-order valence-electron chi connectivity index (χ4n) is 4.22. The average Bonchev–Trinajstić information content (AvgIpc) is 3.30. The Balaban J connectivity index is 1.38. The lowest BCUT2D eigenvalue weighted by atomic mass is 10.1. The number of alkyl halides is 1. The molecule has 1 aromatic carbocycles. The van der Waals surface area contributed by atoms with Crippen molar-refractivity contribution in [2.75, 3.05) is 31.5 Å². The molecule has 2 saturated heterocycles. The Hall–Kier alpha value is -2.72. The van der Waals surface area contributed by atoms with Crippen LogP contribution in [0.2, 0.25) is 0 Å². The van der Waals surface area contributed by atoms with E-state index in [1.54, 1.807) is 6.20 Å². The van der Waals surface area contributed by atoms with Crippen molar-refractivity contribution in [3.63, 3.8) is 0 Å². The maximum atomic E-state index is 13.6. The molecule has 146 valence electrons. The van der Waals surface area contributed by atoms with Gasteiger partial charge in [0.05, 0.1) is 24.7 Å². The zero-order chi connectivity index (χ0) is 19.7. The number of amides is 1. The van der Waals surface area contributed by atoms with Crippen molar-refractivity contribution >= 4 is 22.5 Å². The fourth-order valence-corrected chi connectivity index (χ4v) is 4.22. The number of likely N-dealkylation sites (tertiary alicyclic amines) is 2. The van der Waals surface area contributed by atoms with Crippen LogP contribution in [0.1, 0.15) is 18.4 Å². The Morgan fingerprint density at radius 3 is 3.07 bits per heavy atom. The second-order valence-electron chi connectivity index (χ2n) is 7.72. The summed E-state index contributed by atoms with van der Waals surface area (Å²) in [5, 5.41) is 13.8. The number of rotatable bonds is 4. The highest BCUT2D eigenvalue weighted by Gasteiger charge is 2.36. The summed E-state index contributed by atoms with van der Waals surface area (Å²) in [5.74, 6) is -0.155. The van der Waals surface area contributed by atoms with Crippen molar-refractivity contribution in [1.29, 1.82) is 5.26 Å². The number of halogens is 1. The molecule has 1 N–H and O–H groups in total. The van der Waals surface area contributed by atoms with Crippen LogP contribution in [0.15, 0.2) is 30.5 Å². The van der Waals surface area contributed by atoms with Crippen molar-refractivity contribution in [1.82, 2.24) is 14.8 Å². The predicted octanol–water partition coefficient (Wildman–Crippen LogP) is 2.49. The van der Waals surface area contributed by atoms with E-state index in [4.69, 9.17) is 5.26 Å². The molecule has 3 heterocycles. The van der Waals surface area contributed by atoms with Crippen molar-refractivity contribution in [2.24, 2.45) is 0 Å². The molecule has 0 saturated carbocycles. The molecular weight excluding hydrogens is 357 g/mol. The van der Waals surface area contributed by atoms with Crippen LogP contribution in [-0.2, 0) is 4.79 Å². The van der Waals surface area contributed by atoms with Crippen LogP contribution in [0, 0.1) is 18.3 Å². The third-order valence-electron chi connectivity index (χ3n) is 5.68. The van der Waals surface area contributed by atoms with Gasteiger partial charge in [0.25, 0.3) is 0 Å². The Kier molecular flexibility index (Phi) is 5.14. The van der Waals surface area contributed by atoms with Crippen LogP contribution < -0.4 is 5.32 Å². The molecule has 2 aromatic rings. The molecule has 4 rings (SSSR count). The molecule has 2 fully saturated rings. The van der Waals surface area contributed by atoms with E-state index in [1.165, 1.54) is 4.90 Å². The summed E-state index contributed by atoms with van der Waals surface area (Å²) >= 11 is 0. The topological polar surface area (TPSA) is 72.3 Å². The van der Waals surface area contributed by atoms with Gasteiger partial charge in [-0.15, -0.1) is 0 Å². The number of anilines is 1. The molecule has 0 radical (unpaired) electrons. The van der Waals surface area contributed by atoms with Crippen molar-refractivity contribution in [3.8, 4) is 6.07 Å². The number of pyridine rings is 1. The van der Waals surface area contributed by atoms with Crippen molar-refractivity contribution in [2.45, 2.75) is 38.0 Å². The van der Waals surface area contributed by atoms with Gasteiger partial charge in [0, 0.05) is 42.8 Å². The highest BCUT2D eigenvalue weighted by Crippen LogP contribution is 2.27. The summed E-state index contributed by atoms with van der Waals surface area (Å²) in [6.45, 7) is 3.87. The lowest BCUT2D eigenvalue weighted by molar-refractivity contribution is -0.132. The van der Waals surface area contributed by atoms with E-state index >= 15 is 0 Å². The molecule has 2 aliphatic heterocycles. The van der Waals surface area contributed by atoms with Crippen LogP contribution in [-0.4, -0.2) is 65.1 Å². The second-order valence-corrected chi connectivity index (χ2v) is 7.72. The number of fused-ring (bicyclic) bond motifs is 1. The minimum atomic E-state index is -1.09. The first-order valence-corrected chi connectivity index (χ1v) is 9.71. The third-order valence-corrected chi connectivity index (χ3v) is 5.68. The highest BCUT2D eigenvalue weighted by atomic mass is 19.1. The van der Waals surface area contributed by atoms with E-state index in [9.17, 15) is 9.18 Å². The van der Waals surface area contributed by atoms with Gasteiger partial charge in [-0.1, -0.05) is 6.07 Å². The van der Waals surface area contributed by atoms with Crippen LogP contribution in [0.3, 0.4) is 0 Å². The normalized spacial score (nSPS) is 25.2. The summed E-state index contributed by atoms with van der Waals surface area (Å²) in [6.07, 6.45) is 1.76. The molecule has 6 nitrogen and oxygen atoms in total. The standard InChI is InChI=1S/C21H24FN5O/c1-14-4-5-19(18-3-2-7-24-21(14)18)25-16-6-8-26(12-16)13-20(28)27-11-15(22)9-17(27)10-23/h2-5,7,15-17,25H,6,8-9,11-13H2,1H3/t15-,16-,17-/m0/s1. The summed E-state index contributed by atoms with van der Waals surface area (Å²) < 4.78 is 13.6. The molecule has 0 unspecified atom stereocenters. The number of nitrogens with zero attached hydrogens (tertiary/aromatic N) is 4. The van der Waals surface area contributed by atoms with Gasteiger partial charge in [0.2, 0.25) is 5.91 Å². The van der Waals surface area contributed by atoms with Gasteiger partial charge >= 0.3 is 0 Å². The fraction of sp³-hybridized carbons (Fsp3) is 0.476. The number of nitriles is 1. The Bertz CT molecular complexity index is 927. The largest absolute Gasteiger partial charge is 0.380 e. The molecule has 3 atom stereocenters. The molecular formula is C21H24FN5O. The van der Waals surface area contributed by atoms with Crippen LogP contribution in [0.5, 0.6) is 0 Å². The van der Waals surface area contributed by atoms with Gasteiger partial charge in [-0.2, -0.15) is 5.26 Å². The van der Waals surface area contributed by atoms with Crippen LogP contribution in [0.25, 0.3) is 10.9 Å². The van der Waals surface area contributed by atoms with E-state index in [-0.39, 0.29) is 31.5 Å². The number of hydrogen-bond donors (Lipinski definition) is 1. The highest BCUT2D eigenvalue weighted by molar-refractivity contribution is 5.93. The first-order valence-electron chi connectivity index (χ1n) is 9.71. The SMILES string of the molecule is Cc1ccc(N[C@H]2CCN(CC(=O)N3C[C@@H](F)C[C@H]3C#N)C2)c2cccnc12. The predicted molar refractivity (Wildman–Crippen MR) is 106 cm³/mol. The maximum absolute atomic E-state index is 13.6. The smallest absolute Gasteiger partial charge is 0.237 e. The summed E-state index contributed by atoms with van der Waals surface area (Å²) in [6, 6.07) is 9.79. The van der Waals surface area contributed by atoms with Gasteiger partial charge in [-0.3, -0.25) is 14.7 Å². The average molecular weight is 381 g/mol. The number of aryl methyl sites for hydroxylation is 1. The van der Waals surface area contributed by atoms with Gasteiger partial charge in [0.15, 0.2) is 0 Å². The van der Waals surface area contributed by atoms with Crippen molar-refractivity contribution < 1.29 is 9.18 Å². The maximum Gasteiger partial charge on any atom is 0.237 e. The third kappa shape index (κ3) is 3.65. The van der Waals surface area contributed by atoms with Crippen LogP contribution in [0.4, 0.5) is 10.1 Å². The monoisotopic (exact) mass is 381 g/mol. The van der Waals surface area contributed by atoms with E-state index in [0.717, 1.165) is 41.7 Å². The molecule has 0 spiro atoms. The number of carbonyl (C=O) groups is 1. The molecule has 0 bridgehead atoms. The summed E-state index contributed by atoms with van der Waals surface area (Å²) in [7, 11) is 0. The van der Waals surface area contributed by atoms with E-state index in [2.05, 4.69) is 40.3 Å². The van der Waals surface area contributed by atoms with E-state index in [1.807, 2.05) is 12.1 Å². The number of benzene rings is 1. The van der Waals surface area contributed by atoms with Crippen LogP contribution >= 0.6 is 0 Å². The first-order chi connectivity index (χ1) is 13.5. The Morgan fingerprint density at radius 1 is 1.39 bits per heavy atom. The number of aromatic nitrogens is 1. The zero-order valence-electron chi connectivity index (χ0n) is 15.9. The number of carbonyl (C=O) groups excluding carboxylic acids is 1. The minimum absolute atomic E-state index is 0.0366. The molecule has 1 amide bonds. The zero-order valence-corrected chi connectivity index (χ0v) is 15.9. The number of nitrogens with one attached hydrogen (secondary N) is 1. The first kappa shape index (κ1) is 18.6. The number of hydrogen-bond acceptors (Lipinski definition) is 5. The van der Waals surface area contributed by atoms with E-state index < -0.39 is 12.2 Å². The minimum Gasteiger partial charge on any atom is -0.380 e. The van der Waals surface area contributed by atoms with Gasteiger partial charge in [0.1, 0.15) is 12.2 Å². The quantitative estimate of drug-likeness (QED) is 0.881. The lowest BCUT2D eigenvalue weighted by Gasteiger charge is -2.23. The summed E-state index contributed by atoms with van der Waals surface area (Å²) in [4.78, 5) is 20.5. The molecule has 1 aromatic heterocycles. The Labute approximate surface area is 163 Å². The summed E-state index contributed by atoms with van der Waals surface area (Å²) in [5.41, 5.74) is 3.19. The molecule has 28 heavy (non-hydrogen) atoms. The van der Waals surface area contributed by atoms with Crippen molar-refractivity contribution in [3.05, 3.63) is 36.0 Å². The van der Waals surface area contributed by atoms with E-state index in [0.29, 0.717) is 0 Å². The van der Waals surface area contributed by atoms with Gasteiger partial charge in [-0.05, 0) is 37.1 Å². The van der Waals surface area contributed by atoms with Gasteiger partial charge < -0.3 is 10.2 Å². The van der Waals surface area contributed by atoms with Gasteiger partial charge in [-0.25, -0.2) is 4.39 Å². The molecule has 0 aliphatic carbocycles.